The number of alkyl halides is 5. The molecule has 0 unspecified atom stereocenters. The molecule has 52 heavy (non-hydrogen) atoms. The van der Waals surface area contributed by atoms with Crippen molar-refractivity contribution in [1.29, 1.82) is 0 Å². The quantitative estimate of drug-likeness (QED) is 0.0320. The van der Waals surface area contributed by atoms with Crippen LogP contribution >= 0.6 is 0 Å². The van der Waals surface area contributed by atoms with Crippen molar-refractivity contribution in [2.75, 3.05) is 7.11 Å². The van der Waals surface area contributed by atoms with Crippen molar-refractivity contribution < 1.29 is 44.8 Å². The Morgan fingerprint density at radius 3 is 1.38 bits per heavy atom. The van der Waals surface area contributed by atoms with E-state index in [-0.39, 0.29) is 56.8 Å². The number of carbonyl (C=O) groups is 1. The maximum Gasteiger partial charge on any atom is 0.453 e. The molecule has 0 aromatic heterocycles. The van der Waals surface area contributed by atoms with Crippen LogP contribution in [0.1, 0.15) is 130 Å². The summed E-state index contributed by atoms with van der Waals surface area (Å²) in [5, 5.41) is 0. The van der Waals surface area contributed by atoms with Crippen molar-refractivity contribution in [3.8, 4) is 0 Å². The predicted octanol–water partition coefficient (Wildman–Crippen LogP) is 13.5. The lowest BCUT2D eigenvalue weighted by molar-refractivity contribution is -0.282. The van der Waals surface area contributed by atoms with Gasteiger partial charge in [0, 0.05) is 18.9 Å². The first-order valence-corrected chi connectivity index (χ1v) is 26.0. The Labute approximate surface area is 317 Å². The predicted molar refractivity (Wildman–Crippen MR) is 214 cm³/mol. The average molecular weight is 803 g/mol. The second kappa shape index (κ2) is 20.9. The molecule has 0 aromatic rings. The zero-order valence-corrected chi connectivity index (χ0v) is 38.5. The van der Waals surface area contributed by atoms with Crippen molar-refractivity contribution in [3.63, 3.8) is 0 Å². The third kappa shape index (κ3) is 12.3. The van der Waals surface area contributed by atoms with Gasteiger partial charge in [0.25, 0.3) is 0 Å². The fraction of sp³-hybridized carbons (Fsp3) is 0.872. The Morgan fingerprint density at radius 2 is 1.06 bits per heavy atom. The van der Waals surface area contributed by atoms with E-state index in [1.165, 1.54) is 13.2 Å². The molecule has 0 aliphatic carbocycles. The number of carbonyl (C=O) groups excluding carboxylic acids is 1. The van der Waals surface area contributed by atoms with E-state index in [9.17, 15) is 26.7 Å². The van der Waals surface area contributed by atoms with E-state index in [1.807, 2.05) is 27.7 Å². The van der Waals surface area contributed by atoms with E-state index in [4.69, 9.17) is 18.0 Å². The summed E-state index contributed by atoms with van der Waals surface area (Å²) in [6, 6.07) is -0.358. The standard InChI is InChI=1S/C39H75F5O5Si3/c1-19-20-34(47-50(26(2)3,27(4)5)24-23-38(40,41)39(42,43)44)25-36(49-52(31(12)13,32(14)15)33(16)17)35(21-22-37(45)46-18)48-51(28(6)7,29(8)9)30(10)11/h19,21-22,26-36H,1,20,23-25H2,2-18H3/b22-21+/t34-,35-,36+/m0/s1. The van der Waals surface area contributed by atoms with Crippen LogP contribution < -0.4 is 0 Å². The molecule has 0 amide bonds. The Balaban J connectivity index is 7.85. The molecule has 0 radical (unpaired) electrons. The van der Waals surface area contributed by atoms with Crippen LogP contribution in [0.15, 0.2) is 24.8 Å². The number of methoxy groups -OCH3 is 1. The van der Waals surface area contributed by atoms with Crippen LogP contribution in [0.5, 0.6) is 0 Å². The summed E-state index contributed by atoms with van der Waals surface area (Å²) >= 11 is 0. The average Bonchev–Trinajstić information content (AvgIpc) is 2.99. The minimum absolute atomic E-state index is 0.200. The Morgan fingerprint density at radius 1 is 0.654 bits per heavy atom. The summed E-state index contributed by atoms with van der Waals surface area (Å²) < 4.78 is 96.3. The molecule has 0 saturated carbocycles. The van der Waals surface area contributed by atoms with Gasteiger partial charge in [0.2, 0.25) is 16.6 Å². The Kier molecular flexibility index (Phi) is 20.5. The van der Waals surface area contributed by atoms with Crippen LogP contribution in [0.25, 0.3) is 0 Å². The molecule has 0 bridgehead atoms. The summed E-state index contributed by atoms with van der Waals surface area (Å²) in [7, 11) is -7.23. The largest absolute Gasteiger partial charge is 0.466 e. The highest BCUT2D eigenvalue weighted by molar-refractivity contribution is 6.78. The lowest BCUT2D eigenvalue weighted by Gasteiger charge is -2.50. The smallest absolute Gasteiger partial charge is 0.453 e. The number of esters is 1. The SMILES string of the molecule is C=CC[C@@H](C[C@@H](O[Si](C(C)C)(C(C)C)C(C)C)[C@H](/C=C/C(=O)OC)O[Si](C(C)C)(C(C)C)C(C)C)O[Si](CCC(F)(F)C(F)(F)F)(C(C)C)C(C)C. The van der Waals surface area contributed by atoms with Crippen molar-refractivity contribution >= 4 is 30.9 Å². The fourth-order valence-corrected chi connectivity index (χ4v) is 24.8. The van der Waals surface area contributed by atoms with Gasteiger partial charge in [-0.15, -0.1) is 6.58 Å². The van der Waals surface area contributed by atoms with Crippen LogP contribution in [-0.2, 0) is 22.8 Å². The Hall–Kier alpha value is -0.869. The van der Waals surface area contributed by atoms with Gasteiger partial charge < -0.3 is 18.0 Å². The van der Waals surface area contributed by atoms with Crippen molar-refractivity contribution in [1.82, 2.24) is 0 Å². The lowest BCUT2D eigenvalue weighted by Crippen LogP contribution is -2.57. The summed E-state index contributed by atoms with van der Waals surface area (Å²) in [6.45, 7) is 37.7. The van der Waals surface area contributed by atoms with Crippen LogP contribution in [0.4, 0.5) is 22.0 Å². The zero-order chi connectivity index (χ0) is 41.2. The first-order valence-electron chi connectivity index (χ1n) is 19.4. The van der Waals surface area contributed by atoms with Crippen LogP contribution in [0.2, 0.25) is 50.4 Å². The van der Waals surface area contributed by atoms with Crippen molar-refractivity contribution in [2.24, 2.45) is 0 Å². The van der Waals surface area contributed by atoms with Gasteiger partial charge in [-0.05, 0) is 62.9 Å². The summed E-state index contributed by atoms with van der Waals surface area (Å²) in [5.41, 5.74) is 0.716. The minimum Gasteiger partial charge on any atom is -0.466 e. The summed E-state index contributed by atoms with van der Waals surface area (Å²) in [5.74, 6) is -5.36. The van der Waals surface area contributed by atoms with Gasteiger partial charge in [-0.3, -0.25) is 0 Å². The van der Waals surface area contributed by atoms with E-state index in [0.29, 0.717) is 6.42 Å². The number of halogens is 5. The van der Waals surface area contributed by atoms with Gasteiger partial charge in [0.1, 0.15) is 0 Å². The second-order valence-corrected chi connectivity index (χ2v) is 33.0. The molecular formula is C39H75F5O5Si3. The van der Waals surface area contributed by atoms with Gasteiger partial charge in [0.15, 0.2) is 8.32 Å². The first kappa shape index (κ1) is 51.1. The highest BCUT2D eigenvalue weighted by Gasteiger charge is 2.59. The fourth-order valence-electron chi connectivity index (χ4n) is 9.06. The number of ether oxygens (including phenoxy) is 1. The van der Waals surface area contributed by atoms with Crippen LogP contribution in [0.3, 0.4) is 0 Å². The lowest BCUT2D eigenvalue weighted by atomic mass is 10.0. The van der Waals surface area contributed by atoms with Crippen LogP contribution in [-0.4, -0.2) is 68.4 Å². The minimum atomic E-state index is -5.64. The molecule has 3 atom stereocenters. The van der Waals surface area contributed by atoms with Gasteiger partial charge in [-0.2, -0.15) is 22.0 Å². The normalized spacial score (nSPS) is 16.1. The van der Waals surface area contributed by atoms with Gasteiger partial charge in [0.05, 0.1) is 25.4 Å². The second-order valence-electron chi connectivity index (χ2n) is 17.2. The number of hydrogen-bond acceptors (Lipinski definition) is 5. The molecule has 0 aromatic carbocycles. The highest BCUT2D eigenvalue weighted by atomic mass is 28.4. The topological polar surface area (TPSA) is 54.0 Å². The molecule has 0 N–H and O–H groups in total. The number of hydrogen-bond donors (Lipinski definition) is 0. The van der Waals surface area contributed by atoms with E-state index >= 15 is 0 Å². The van der Waals surface area contributed by atoms with Crippen molar-refractivity contribution in [2.45, 2.75) is 211 Å². The van der Waals surface area contributed by atoms with E-state index in [1.54, 1.807) is 12.2 Å². The molecular weight excluding hydrogens is 728 g/mol. The van der Waals surface area contributed by atoms with Gasteiger partial charge in [-0.25, -0.2) is 4.79 Å². The summed E-state index contributed by atoms with van der Waals surface area (Å²) in [6.07, 6.45) is -3.47. The third-order valence-corrected chi connectivity index (χ3v) is 29.5. The molecule has 0 aliphatic heterocycles. The highest BCUT2D eigenvalue weighted by Crippen LogP contribution is 2.49. The molecule has 5 nitrogen and oxygen atoms in total. The monoisotopic (exact) mass is 802 g/mol. The molecule has 0 aliphatic rings. The number of rotatable bonds is 24. The van der Waals surface area contributed by atoms with E-state index < -0.39 is 67.8 Å². The molecule has 0 spiro atoms. The van der Waals surface area contributed by atoms with Gasteiger partial charge in [-0.1, -0.05) is 117 Å². The molecule has 0 rings (SSSR count). The van der Waals surface area contributed by atoms with Crippen LogP contribution in [0, 0.1) is 0 Å². The van der Waals surface area contributed by atoms with E-state index in [2.05, 4.69) is 89.7 Å². The maximum atomic E-state index is 14.5. The zero-order valence-electron chi connectivity index (χ0n) is 35.5. The molecule has 0 saturated heterocycles. The molecule has 308 valence electrons. The van der Waals surface area contributed by atoms with Gasteiger partial charge >= 0.3 is 18.1 Å². The first-order chi connectivity index (χ1) is 23.6. The molecule has 0 fully saturated rings. The third-order valence-electron chi connectivity index (χ3n) is 11.6. The maximum absolute atomic E-state index is 14.5. The summed E-state index contributed by atoms with van der Waals surface area (Å²) in [4.78, 5) is 12.6. The van der Waals surface area contributed by atoms with E-state index in [0.717, 1.165) is 0 Å². The molecule has 13 heteroatoms. The Bertz CT molecular complexity index is 1050. The van der Waals surface area contributed by atoms with Crippen molar-refractivity contribution in [3.05, 3.63) is 24.8 Å². The molecule has 0 heterocycles.